The molecule has 0 bridgehead atoms. The molecule has 0 spiro atoms. The highest BCUT2D eigenvalue weighted by molar-refractivity contribution is 9.11. The van der Waals surface area contributed by atoms with Gasteiger partial charge >= 0.3 is 0 Å². The summed E-state index contributed by atoms with van der Waals surface area (Å²) in [7, 11) is 2.13. The van der Waals surface area contributed by atoms with E-state index in [1.807, 2.05) is 6.07 Å². The third kappa shape index (κ3) is 3.57. The molecule has 16 heavy (non-hydrogen) atoms. The monoisotopic (exact) mass is 335 g/mol. The van der Waals surface area contributed by atoms with Crippen LogP contribution in [0.15, 0.2) is 28.1 Å². The van der Waals surface area contributed by atoms with E-state index < -0.39 is 0 Å². The van der Waals surface area contributed by atoms with Gasteiger partial charge in [-0.3, -0.25) is 4.90 Å². The number of hydrogen-bond donors (Lipinski definition) is 0. The zero-order valence-electron chi connectivity index (χ0n) is 8.74. The van der Waals surface area contributed by atoms with Gasteiger partial charge in [0.2, 0.25) is 0 Å². The van der Waals surface area contributed by atoms with Crippen LogP contribution in [0.3, 0.4) is 0 Å². The Morgan fingerprint density at radius 2 is 1.75 bits per heavy atom. The quantitative estimate of drug-likeness (QED) is 0.771. The summed E-state index contributed by atoms with van der Waals surface area (Å²) in [5, 5.41) is 0. The highest BCUT2D eigenvalue weighted by Gasteiger charge is 2.05. The molecule has 0 unspecified atom stereocenters. The molecule has 2 rings (SSSR count). The van der Waals surface area contributed by atoms with Crippen LogP contribution in [0.1, 0.15) is 9.75 Å². The summed E-state index contributed by atoms with van der Waals surface area (Å²) >= 11 is 12.8. The van der Waals surface area contributed by atoms with Crippen molar-refractivity contribution in [1.29, 1.82) is 0 Å². The lowest BCUT2D eigenvalue weighted by molar-refractivity contribution is 0.325. The Bertz CT molecular complexity index is 424. The van der Waals surface area contributed by atoms with Crippen molar-refractivity contribution in [1.82, 2.24) is 4.90 Å². The van der Waals surface area contributed by atoms with E-state index in [0.717, 1.165) is 17.4 Å². The first kappa shape index (κ1) is 12.6. The first-order valence-corrected chi connectivity index (χ1v) is 7.61. The smallest absolute Gasteiger partial charge is 0.0931 e. The zero-order chi connectivity index (χ0) is 11.5. The Kier molecular flexibility index (Phi) is 4.44. The molecule has 2 heterocycles. The largest absolute Gasteiger partial charge is 0.296 e. The number of nitrogens with zero attached hydrogens (tertiary/aromatic N) is 1. The Morgan fingerprint density at radius 1 is 1.12 bits per heavy atom. The maximum absolute atomic E-state index is 5.90. The van der Waals surface area contributed by atoms with E-state index in [9.17, 15) is 0 Å². The Balaban J connectivity index is 1.91. The average molecular weight is 337 g/mol. The highest BCUT2D eigenvalue weighted by Crippen LogP contribution is 2.25. The molecule has 0 saturated carbocycles. The van der Waals surface area contributed by atoms with Crippen molar-refractivity contribution in [3.63, 3.8) is 0 Å². The molecule has 86 valence electrons. The number of halogens is 2. The summed E-state index contributed by atoms with van der Waals surface area (Å²) in [6.45, 7) is 1.93. The Labute approximate surface area is 117 Å². The van der Waals surface area contributed by atoms with Crippen LogP contribution >= 0.6 is 50.2 Å². The van der Waals surface area contributed by atoms with Crippen molar-refractivity contribution >= 4 is 50.2 Å². The van der Waals surface area contributed by atoms with Gasteiger partial charge in [-0.15, -0.1) is 22.7 Å². The summed E-state index contributed by atoms with van der Waals surface area (Å²) in [6, 6.07) is 8.30. The van der Waals surface area contributed by atoms with E-state index in [1.54, 1.807) is 22.7 Å². The first-order valence-electron chi connectivity index (χ1n) is 4.80. The number of thiophene rings is 2. The third-order valence-corrected chi connectivity index (χ3v) is 4.93. The van der Waals surface area contributed by atoms with Gasteiger partial charge in [-0.1, -0.05) is 11.6 Å². The van der Waals surface area contributed by atoms with E-state index in [4.69, 9.17) is 11.6 Å². The van der Waals surface area contributed by atoms with E-state index in [0.29, 0.717) is 0 Å². The summed E-state index contributed by atoms with van der Waals surface area (Å²) in [4.78, 5) is 4.97. The van der Waals surface area contributed by atoms with Gasteiger partial charge in [0.25, 0.3) is 0 Å². The molecule has 0 radical (unpaired) electrons. The third-order valence-electron chi connectivity index (χ3n) is 2.11. The molecule has 0 aliphatic carbocycles. The number of rotatable bonds is 4. The standard InChI is InChI=1S/C11H11BrClNS2/c1-14(6-8-2-4-10(12)15-8)7-9-3-5-11(13)16-9/h2-5H,6-7H2,1H3. The molecular formula is C11H11BrClNS2. The molecule has 0 saturated heterocycles. The molecule has 2 aromatic heterocycles. The van der Waals surface area contributed by atoms with Crippen LogP contribution in [0.4, 0.5) is 0 Å². The minimum Gasteiger partial charge on any atom is -0.296 e. The van der Waals surface area contributed by atoms with E-state index in [-0.39, 0.29) is 0 Å². The summed E-state index contributed by atoms with van der Waals surface area (Å²) < 4.78 is 2.05. The molecule has 0 N–H and O–H groups in total. The molecule has 0 aliphatic rings. The van der Waals surface area contributed by atoms with Crippen molar-refractivity contribution in [2.24, 2.45) is 0 Å². The SMILES string of the molecule is CN(Cc1ccc(Cl)s1)Cc1ccc(Br)s1. The van der Waals surface area contributed by atoms with Crippen LogP contribution in [0.25, 0.3) is 0 Å². The van der Waals surface area contributed by atoms with Crippen LogP contribution in [0, 0.1) is 0 Å². The van der Waals surface area contributed by atoms with Crippen molar-refractivity contribution in [2.45, 2.75) is 13.1 Å². The van der Waals surface area contributed by atoms with E-state index in [1.165, 1.54) is 13.5 Å². The fourth-order valence-electron chi connectivity index (χ4n) is 1.46. The second-order valence-corrected chi connectivity index (χ2v) is 7.93. The van der Waals surface area contributed by atoms with Gasteiger partial charge in [0, 0.05) is 22.8 Å². The van der Waals surface area contributed by atoms with Crippen molar-refractivity contribution in [3.05, 3.63) is 42.1 Å². The second kappa shape index (κ2) is 5.65. The summed E-state index contributed by atoms with van der Waals surface area (Å²) in [5.41, 5.74) is 0. The maximum atomic E-state index is 5.90. The molecule has 2 aromatic rings. The van der Waals surface area contributed by atoms with Crippen LogP contribution in [-0.4, -0.2) is 11.9 Å². The molecule has 0 atom stereocenters. The maximum Gasteiger partial charge on any atom is 0.0931 e. The Morgan fingerprint density at radius 3 is 2.25 bits per heavy atom. The molecule has 5 heteroatoms. The van der Waals surface area contributed by atoms with Gasteiger partial charge in [-0.2, -0.15) is 0 Å². The van der Waals surface area contributed by atoms with Gasteiger partial charge in [0.1, 0.15) is 0 Å². The van der Waals surface area contributed by atoms with Gasteiger partial charge < -0.3 is 0 Å². The van der Waals surface area contributed by atoms with E-state index >= 15 is 0 Å². The normalized spacial score (nSPS) is 11.2. The van der Waals surface area contributed by atoms with Crippen LogP contribution < -0.4 is 0 Å². The fourth-order valence-corrected chi connectivity index (χ4v) is 4.19. The average Bonchev–Trinajstić information content (AvgIpc) is 2.76. The predicted molar refractivity (Wildman–Crippen MR) is 76.5 cm³/mol. The van der Waals surface area contributed by atoms with E-state index in [2.05, 4.69) is 46.1 Å². The lowest BCUT2D eigenvalue weighted by atomic mass is 10.4. The van der Waals surface area contributed by atoms with Crippen LogP contribution in [-0.2, 0) is 13.1 Å². The van der Waals surface area contributed by atoms with Crippen molar-refractivity contribution in [2.75, 3.05) is 7.05 Å². The second-order valence-electron chi connectivity index (χ2n) is 3.58. The zero-order valence-corrected chi connectivity index (χ0v) is 12.7. The fraction of sp³-hybridized carbons (Fsp3) is 0.273. The lowest BCUT2D eigenvalue weighted by Crippen LogP contribution is -2.15. The van der Waals surface area contributed by atoms with Crippen molar-refractivity contribution < 1.29 is 0 Å². The number of hydrogen-bond acceptors (Lipinski definition) is 3. The van der Waals surface area contributed by atoms with Gasteiger partial charge in [-0.25, -0.2) is 0 Å². The van der Waals surface area contributed by atoms with Gasteiger partial charge in [0.15, 0.2) is 0 Å². The first-order chi connectivity index (χ1) is 7.63. The molecule has 0 fully saturated rings. The Hall–Kier alpha value is 0.130. The molecule has 0 amide bonds. The summed E-state index contributed by atoms with van der Waals surface area (Å²) in [6.07, 6.45) is 0. The molecule has 0 aliphatic heterocycles. The van der Waals surface area contributed by atoms with Crippen molar-refractivity contribution in [3.8, 4) is 0 Å². The minimum absolute atomic E-state index is 0.863. The predicted octanol–water partition coefficient (Wildman–Crippen LogP) is 4.86. The minimum atomic E-state index is 0.863. The molecule has 1 nitrogen and oxygen atoms in total. The lowest BCUT2D eigenvalue weighted by Gasteiger charge is -2.13. The molecular weight excluding hydrogens is 326 g/mol. The summed E-state index contributed by atoms with van der Waals surface area (Å²) in [5.74, 6) is 0. The van der Waals surface area contributed by atoms with Crippen LogP contribution in [0.5, 0.6) is 0 Å². The molecule has 0 aromatic carbocycles. The van der Waals surface area contributed by atoms with Crippen LogP contribution in [0.2, 0.25) is 4.34 Å². The van der Waals surface area contributed by atoms with Gasteiger partial charge in [-0.05, 0) is 47.2 Å². The topological polar surface area (TPSA) is 3.24 Å². The highest BCUT2D eigenvalue weighted by atomic mass is 79.9. The van der Waals surface area contributed by atoms with Gasteiger partial charge in [0.05, 0.1) is 8.12 Å².